The van der Waals surface area contributed by atoms with Gasteiger partial charge in [0.05, 0.1) is 0 Å². The Morgan fingerprint density at radius 2 is 2.00 bits per heavy atom. The number of carbonyl (C=O) groups excluding carboxylic acids is 1. The molecule has 68 valence electrons. The monoisotopic (exact) mass is 175 g/mol. The number of ketones is 1. The highest BCUT2D eigenvalue weighted by atomic mass is 16.1. The molecule has 0 aliphatic heterocycles. The predicted octanol–water partition coefficient (Wildman–Crippen LogP) is 2.25. The van der Waals surface area contributed by atoms with Gasteiger partial charge >= 0.3 is 0 Å². The van der Waals surface area contributed by atoms with Gasteiger partial charge in [0, 0.05) is 17.2 Å². The molecule has 0 amide bonds. The minimum atomic E-state index is 0.226. The lowest BCUT2D eigenvalue weighted by Gasteiger charge is -2.24. The van der Waals surface area contributed by atoms with Crippen molar-refractivity contribution in [1.29, 1.82) is 0 Å². The van der Waals surface area contributed by atoms with Gasteiger partial charge in [-0.05, 0) is 25.0 Å². The van der Waals surface area contributed by atoms with Crippen LogP contribution < -0.4 is 5.73 Å². The zero-order chi connectivity index (χ0) is 9.26. The van der Waals surface area contributed by atoms with Gasteiger partial charge in [-0.2, -0.15) is 0 Å². The molecular weight excluding hydrogens is 162 g/mol. The number of rotatable bonds is 2. The molecule has 1 fully saturated rings. The summed E-state index contributed by atoms with van der Waals surface area (Å²) in [6.07, 6.45) is 3.25. The van der Waals surface area contributed by atoms with Gasteiger partial charge < -0.3 is 5.73 Å². The molecule has 2 nitrogen and oxygen atoms in total. The van der Waals surface area contributed by atoms with Crippen LogP contribution in [0.4, 0.5) is 5.69 Å². The number of hydrogen-bond acceptors (Lipinski definition) is 2. The summed E-state index contributed by atoms with van der Waals surface area (Å²) in [5, 5.41) is 0. The van der Waals surface area contributed by atoms with Gasteiger partial charge in [0.1, 0.15) is 0 Å². The summed E-state index contributed by atoms with van der Waals surface area (Å²) in [5.41, 5.74) is 7.03. The van der Waals surface area contributed by atoms with Crippen LogP contribution in [0.3, 0.4) is 0 Å². The van der Waals surface area contributed by atoms with Crippen molar-refractivity contribution in [2.75, 3.05) is 5.73 Å². The third-order valence-corrected chi connectivity index (χ3v) is 2.70. The Balaban J connectivity index is 2.24. The van der Waals surface area contributed by atoms with E-state index in [1.807, 2.05) is 18.2 Å². The number of nitrogen functional groups attached to an aromatic ring is 1. The van der Waals surface area contributed by atoms with Crippen molar-refractivity contribution in [1.82, 2.24) is 0 Å². The van der Waals surface area contributed by atoms with Gasteiger partial charge in [-0.1, -0.05) is 18.6 Å². The van der Waals surface area contributed by atoms with E-state index in [0.717, 1.165) is 12.8 Å². The third-order valence-electron chi connectivity index (χ3n) is 2.70. The van der Waals surface area contributed by atoms with Crippen molar-refractivity contribution in [3.8, 4) is 0 Å². The summed E-state index contributed by atoms with van der Waals surface area (Å²) in [4.78, 5) is 11.8. The second-order valence-electron chi connectivity index (χ2n) is 3.58. The minimum absolute atomic E-state index is 0.226. The molecule has 0 bridgehead atoms. The molecule has 1 saturated carbocycles. The van der Waals surface area contributed by atoms with Crippen LogP contribution in [0.1, 0.15) is 29.6 Å². The molecule has 0 atom stereocenters. The first kappa shape index (κ1) is 8.30. The molecule has 2 N–H and O–H groups in total. The van der Waals surface area contributed by atoms with Gasteiger partial charge in [-0.3, -0.25) is 4.79 Å². The molecule has 0 unspecified atom stereocenters. The van der Waals surface area contributed by atoms with Gasteiger partial charge in [0.15, 0.2) is 5.78 Å². The highest BCUT2D eigenvalue weighted by Gasteiger charge is 2.26. The quantitative estimate of drug-likeness (QED) is 0.553. The molecular formula is C11H13NO. The van der Waals surface area contributed by atoms with E-state index < -0.39 is 0 Å². The maximum atomic E-state index is 11.8. The first-order chi connectivity index (χ1) is 6.29. The second-order valence-corrected chi connectivity index (χ2v) is 3.58. The van der Waals surface area contributed by atoms with Crippen LogP contribution >= 0.6 is 0 Å². The molecule has 0 saturated heterocycles. The van der Waals surface area contributed by atoms with E-state index in [4.69, 9.17) is 5.73 Å². The molecule has 1 aliphatic rings. The van der Waals surface area contributed by atoms with Crippen LogP contribution in [-0.4, -0.2) is 5.78 Å². The third kappa shape index (κ3) is 1.44. The van der Waals surface area contributed by atoms with E-state index in [-0.39, 0.29) is 11.7 Å². The molecule has 1 aromatic carbocycles. The highest BCUT2D eigenvalue weighted by molar-refractivity contribution is 6.02. The summed E-state index contributed by atoms with van der Waals surface area (Å²) in [6.45, 7) is 0. The lowest BCUT2D eigenvalue weighted by atomic mass is 9.79. The van der Waals surface area contributed by atoms with E-state index in [1.54, 1.807) is 6.07 Å². The molecule has 2 rings (SSSR count). The maximum absolute atomic E-state index is 11.8. The Labute approximate surface area is 77.8 Å². The first-order valence-corrected chi connectivity index (χ1v) is 4.68. The lowest BCUT2D eigenvalue weighted by molar-refractivity contribution is 0.0856. The van der Waals surface area contributed by atoms with Gasteiger partial charge in [0.2, 0.25) is 0 Å². The topological polar surface area (TPSA) is 43.1 Å². The Bertz CT molecular complexity index is 329. The number of anilines is 1. The minimum Gasteiger partial charge on any atom is -0.398 e. The van der Waals surface area contributed by atoms with Crippen LogP contribution in [0.5, 0.6) is 0 Å². The fourth-order valence-corrected chi connectivity index (χ4v) is 1.61. The van der Waals surface area contributed by atoms with E-state index in [2.05, 4.69) is 0 Å². The maximum Gasteiger partial charge on any atom is 0.168 e. The fourth-order valence-electron chi connectivity index (χ4n) is 1.61. The van der Waals surface area contributed by atoms with Gasteiger partial charge in [-0.25, -0.2) is 0 Å². The number of Topliss-reactive ketones (excluding diaryl/α,β-unsaturated/α-hetero) is 1. The molecule has 0 aromatic heterocycles. The highest BCUT2D eigenvalue weighted by Crippen LogP contribution is 2.31. The zero-order valence-corrected chi connectivity index (χ0v) is 7.49. The molecule has 13 heavy (non-hydrogen) atoms. The summed E-state index contributed by atoms with van der Waals surface area (Å²) in [7, 11) is 0. The van der Waals surface area contributed by atoms with E-state index in [0.29, 0.717) is 11.3 Å². The summed E-state index contributed by atoms with van der Waals surface area (Å²) >= 11 is 0. The van der Waals surface area contributed by atoms with E-state index in [9.17, 15) is 4.79 Å². The molecule has 0 radical (unpaired) electrons. The van der Waals surface area contributed by atoms with Crippen LogP contribution in [0.2, 0.25) is 0 Å². The van der Waals surface area contributed by atoms with Crippen molar-refractivity contribution in [2.45, 2.75) is 19.3 Å². The normalized spacial score (nSPS) is 16.6. The van der Waals surface area contributed by atoms with Gasteiger partial charge in [-0.15, -0.1) is 0 Å². The standard InChI is InChI=1S/C11H13NO/c12-10-7-2-1-6-9(10)11(13)8-4-3-5-8/h1-2,6-8H,3-5,12H2. The zero-order valence-electron chi connectivity index (χ0n) is 7.49. The first-order valence-electron chi connectivity index (χ1n) is 4.68. The molecule has 0 heterocycles. The molecule has 2 heteroatoms. The van der Waals surface area contributed by atoms with Gasteiger partial charge in [0.25, 0.3) is 0 Å². The van der Waals surface area contributed by atoms with Crippen LogP contribution in [0.25, 0.3) is 0 Å². The largest absolute Gasteiger partial charge is 0.398 e. The van der Waals surface area contributed by atoms with Crippen molar-refractivity contribution < 1.29 is 4.79 Å². The number of para-hydroxylation sites is 1. The Hall–Kier alpha value is -1.31. The Kier molecular flexibility index (Phi) is 2.05. The van der Waals surface area contributed by atoms with Crippen LogP contribution in [-0.2, 0) is 0 Å². The van der Waals surface area contributed by atoms with Crippen LogP contribution in [0.15, 0.2) is 24.3 Å². The average molecular weight is 175 g/mol. The number of nitrogens with two attached hydrogens (primary N) is 1. The smallest absolute Gasteiger partial charge is 0.168 e. The molecule has 1 aliphatic carbocycles. The van der Waals surface area contributed by atoms with Crippen LogP contribution in [0, 0.1) is 5.92 Å². The lowest BCUT2D eigenvalue weighted by Crippen LogP contribution is -2.22. The Morgan fingerprint density at radius 3 is 2.54 bits per heavy atom. The van der Waals surface area contributed by atoms with Crippen molar-refractivity contribution in [3.05, 3.63) is 29.8 Å². The van der Waals surface area contributed by atoms with E-state index in [1.165, 1.54) is 6.42 Å². The summed E-state index contributed by atoms with van der Waals surface area (Å²) < 4.78 is 0. The summed E-state index contributed by atoms with van der Waals surface area (Å²) in [5.74, 6) is 0.467. The number of carbonyl (C=O) groups is 1. The van der Waals surface area contributed by atoms with Crippen molar-refractivity contribution in [3.63, 3.8) is 0 Å². The predicted molar refractivity (Wildman–Crippen MR) is 52.5 cm³/mol. The Morgan fingerprint density at radius 1 is 1.31 bits per heavy atom. The van der Waals surface area contributed by atoms with Crippen molar-refractivity contribution >= 4 is 11.5 Å². The SMILES string of the molecule is Nc1ccccc1C(=O)C1CCC1. The fraction of sp³-hybridized carbons (Fsp3) is 0.364. The number of benzene rings is 1. The number of hydrogen-bond donors (Lipinski definition) is 1. The molecule has 0 spiro atoms. The summed E-state index contributed by atoms with van der Waals surface area (Å²) in [6, 6.07) is 7.32. The molecule has 1 aromatic rings. The second kappa shape index (κ2) is 3.21. The van der Waals surface area contributed by atoms with E-state index >= 15 is 0 Å². The average Bonchev–Trinajstić information content (AvgIpc) is 2.01. The van der Waals surface area contributed by atoms with Crippen molar-refractivity contribution in [2.24, 2.45) is 5.92 Å².